The predicted octanol–water partition coefficient (Wildman–Crippen LogP) is 4.79. The van der Waals surface area contributed by atoms with E-state index in [1.807, 2.05) is 12.1 Å². The van der Waals surface area contributed by atoms with Crippen molar-refractivity contribution in [1.29, 1.82) is 0 Å². The van der Waals surface area contributed by atoms with Crippen LogP contribution >= 0.6 is 0 Å². The molecule has 0 fully saturated rings. The summed E-state index contributed by atoms with van der Waals surface area (Å²) in [7, 11) is -4.08. The van der Waals surface area contributed by atoms with Gasteiger partial charge in [-0.25, -0.2) is 0 Å². The van der Waals surface area contributed by atoms with Gasteiger partial charge in [0.1, 0.15) is 0 Å². The lowest BCUT2D eigenvalue weighted by Gasteiger charge is -2.17. The molecule has 1 unspecified atom stereocenters. The van der Waals surface area contributed by atoms with Gasteiger partial charge in [-0.05, 0) is 36.5 Å². The lowest BCUT2D eigenvalue weighted by atomic mass is 9.89. The number of hydrogen-bond acceptors (Lipinski definition) is 2. The van der Waals surface area contributed by atoms with Crippen molar-refractivity contribution in [3.63, 3.8) is 0 Å². The van der Waals surface area contributed by atoms with Gasteiger partial charge >= 0.3 is 0 Å². The summed E-state index contributed by atoms with van der Waals surface area (Å²) in [5.74, 6) is 0.497. The summed E-state index contributed by atoms with van der Waals surface area (Å²) in [5.41, 5.74) is 1.18. The Balaban J connectivity index is 2.78. The van der Waals surface area contributed by atoms with Crippen LogP contribution in [0.2, 0.25) is 0 Å². The zero-order chi connectivity index (χ0) is 15.0. The molecule has 0 aliphatic rings. The lowest BCUT2D eigenvalue weighted by molar-refractivity contribution is 0.483. The first-order chi connectivity index (χ1) is 9.49. The van der Waals surface area contributed by atoms with E-state index in [-0.39, 0.29) is 4.90 Å². The number of rotatable bonds is 9. The van der Waals surface area contributed by atoms with Gasteiger partial charge in [0, 0.05) is 0 Å². The summed E-state index contributed by atoms with van der Waals surface area (Å²) in [6.07, 6.45) is 8.33. The topological polar surface area (TPSA) is 54.4 Å². The van der Waals surface area contributed by atoms with Crippen molar-refractivity contribution in [2.45, 2.75) is 69.6 Å². The highest BCUT2D eigenvalue weighted by molar-refractivity contribution is 7.85. The normalized spacial score (nSPS) is 13.3. The number of benzene rings is 1. The second-order valence-corrected chi connectivity index (χ2v) is 6.80. The molecular weight excluding hydrogens is 272 g/mol. The Morgan fingerprint density at radius 3 is 2.00 bits per heavy atom. The summed E-state index contributed by atoms with van der Waals surface area (Å²) < 4.78 is 31.1. The molecule has 0 aromatic heterocycles. The van der Waals surface area contributed by atoms with E-state index in [2.05, 4.69) is 13.8 Å². The molecule has 4 heteroatoms. The fourth-order valence-electron chi connectivity index (χ4n) is 2.48. The van der Waals surface area contributed by atoms with Crippen LogP contribution in [0.3, 0.4) is 0 Å². The first kappa shape index (κ1) is 17.2. The third-order valence-electron chi connectivity index (χ3n) is 3.71. The Hall–Kier alpha value is -0.870. The average Bonchev–Trinajstić information content (AvgIpc) is 2.42. The molecule has 0 saturated heterocycles. The standard InChI is InChI=1S/C16H26O3S/c1-3-5-7-9-14(8-6-4-2)15-10-12-16(13-11-15)20(17,18)19/h10-14H,3-9H2,1-2H3,(H,17,18,19). The predicted molar refractivity (Wildman–Crippen MR) is 82.7 cm³/mol. The lowest BCUT2D eigenvalue weighted by Crippen LogP contribution is -2.02. The Morgan fingerprint density at radius 2 is 1.50 bits per heavy atom. The van der Waals surface area contributed by atoms with E-state index in [1.165, 1.54) is 49.8 Å². The molecule has 0 spiro atoms. The number of hydrogen-bond donors (Lipinski definition) is 1. The average molecular weight is 298 g/mol. The van der Waals surface area contributed by atoms with Crippen molar-refractivity contribution < 1.29 is 13.0 Å². The van der Waals surface area contributed by atoms with Gasteiger partial charge in [0.25, 0.3) is 10.1 Å². The van der Waals surface area contributed by atoms with E-state index >= 15 is 0 Å². The smallest absolute Gasteiger partial charge is 0.282 e. The summed E-state index contributed by atoms with van der Waals surface area (Å²) in [5, 5.41) is 0. The van der Waals surface area contributed by atoms with Crippen molar-refractivity contribution in [2.75, 3.05) is 0 Å². The second-order valence-electron chi connectivity index (χ2n) is 5.38. The van der Waals surface area contributed by atoms with Crippen molar-refractivity contribution in [3.8, 4) is 0 Å². The van der Waals surface area contributed by atoms with Gasteiger partial charge in [-0.2, -0.15) is 8.42 Å². The zero-order valence-corrected chi connectivity index (χ0v) is 13.3. The molecule has 1 aromatic rings. The first-order valence-corrected chi connectivity index (χ1v) is 9.00. The third kappa shape index (κ3) is 5.63. The zero-order valence-electron chi connectivity index (χ0n) is 12.5. The first-order valence-electron chi connectivity index (χ1n) is 7.56. The molecule has 0 aliphatic heterocycles. The Bertz CT molecular complexity index is 477. The molecule has 0 amide bonds. The minimum Gasteiger partial charge on any atom is -0.282 e. The van der Waals surface area contributed by atoms with Gasteiger partial charge in [-0.3, -0.25) is 4.55 Å². The molecule has 20 heavy (non-hydrogen) atoms. The Kier molecular flexibility index (Phi) is 7.24. The molecule has 0 bridgehead atoms. The molecule has 0 saturated carbocycles. The molecule has 1 aromatic carbocycles. The van der Waals surface area contributed by atoms with Crippen LogP contribution in [0.25, 0.3) is 0 Å². The van der Waals surface area contributed by atoms with Crippen LogP contribution in [0.5, 0.6) is 0 Å². The molecule has 114 valence electrons. The van der Waals surface area contributed by atoms with Gasteiger partial charge in [-0.15, -0.1) is 0 Å². The summed E-state index contributed by atoms with van der Waals surface area (Å²) in [6.45, 7) is 4.38. The van der Waals surface area contributed by atoms with Crippen molar-refractivity contribution in [3.05, 3.63) is 29.8 Å². The molecular formula is C16H26O3S. The maximum absolute atomic E-state index is 11.1. The molecule has 1 rings (SSSR count). The Morgan fingerprint density at radius 1 is 0.950 bits per heavy atom. The highest BCUT2D eigenvalue weighted by Crippen LogP contribution is 2.28. The highest BCUT2D eigenvalue weighted by atomic mass is 32.2. The van der Waals surface area contributed by atoms with E-state index in [0.717, 1.165) is 12.8 Å². The maximum Gasteiger partial charge on any atom is 0.294 e. The van der Waals surface area contributed by atoms with Crippen LogP contribution in [0, 0.1) is 0 Å². The van der Waals surface area contributed by atoms with Crippen molar-refractivity contribution in [1.82, 2.24) is 0 Å². The quantitative estimate of drug-likeness (QED) is 0.527. The molecule has 0 radical (unpaired) electrons. The Labute approximate surface area is 123 Å². The number of unbranched alkanes of at least 4 members (excludes halogenated alkanes) is 3. The maximum atomic E-state index is 11.1. The van der Waals surface area contributed by atoms with Crippen LogP contribution in [0.4, 0.5) is 0 Å². The highest BCUT2D eigenvalue weighted by Gasteiger charge is 2.13. The fourth-order valence-corrected chi connectivity index (χ4v) is 2.96. The largest absolute Gasteiger partial charge is 0.294 e. The van der Waals surface area contributed by atoms with E-state index in [9.17, 15) is 8.42 Å². The van der Waals surface area contributed by atoms with Crippen LogP contribution in [0.15, 0.2) is 29.2 Å². The van der Waals surface area contributed by atoms with Gasteiger partial charge in [0.15, 0.2) is 0 Å². The van der Waals surface area contributed by atoms with Crippen LogP contribution < -0.4 is 0 Å². The van der Waals surface area contributed by atoms with Crippen molar-refractivity contribution >= 4 is 10.1 Å². The van der Waals surface area contributed by atoms with E-state index in [4.69, 9.17) is 4.55 Å². The fraction of sp³-hybridized carbons (Fsp3) is 0.625. The van der Waals surface area contributed by atoms with Crippen LogP contribution in [-0.2, 0) is 10.1 Å². The minimum absolute atomic E-state index is 0.0240. The van der Waals surface area contributed by atoms with E-state index in [1.54, 1.807) is 0 Å². The molecule has 0 aliphatic carbocycles. The van der Waals surface area contributed by atoms with Gasteiger partial charge in [0.2, 0.25) is 0 Å². The van der Waals surface area contributed by atoms with Crippen LogP contribution in [0.1, 0.15) is 70.3 Å². The summed E-state index contributed by atoms with van der Waals surface area (Å²) >= 11 is 0. The minimum atomic E-state index is -4.08. The van der Waals surface area contributed by atoms with Gasteiger partial charge in [-0.1, -0.05) is 58.1 Å². The molecule has 0 heterocycles. The SMILES string of the molecule is CCCCCC(CCCC)c1ccc(S(=O)(=O)O)cc1. The van der Waals surface area contributed by atoms with E-state index < -0.39 is 10.1 Å². The molecule has 3 nitrogen and oxygen atoms in total. The molecule has 1 N–H and O–H groups in total. The van der Waals surface area contributed by atoms with Gasteiger partial charge in [0.05, 0.1) is 4.90 Å². The molecule has 1 atom stereocenters. The van der Waals surface area contributed by atoms with E-state index in [0.29, 0.717) is 5.92 Å². The van der Waals surface area contributed by atoms with Crippen molar-refractivity contribution in [2.24, 2.45) is 0 Å². The van der Waals surface area contributed by atoms with Crippen LogP contribution in [-0.4, -0.2) is 13.0 Å². The summed E-state index contributed by atoms with van der Waals surface area (Å²) in [4.78, 5) is -0.0240. The third-order valence-corrected chi connectivity index (χ3v) is 4.58. The second kappa shape index (κ2) is 8.42. The monoisotopic (exact) mass is 298 g/mol. The summed E-state index contributed by atoms with van der Waals surface area (Å²) in [6, 6.07) is 6.69. The van der Waals surface area contributed by atoms with Gasteiger partial charge < -0.3 is 0 Å².